The van der Waals surface area contributed by atoms with Crippen LogP contribution in [0.25, 0.3) is 11.1 Å². The molecule has 0 atom stereocenters. The number of hydrogen-bond donors (Lipinski definition) is 0. The average Bonchev–Trinajstić information content (AvgIpc) is 1.92. The molecule has 0 amide bonds. The van der Waals surface area contributed by atoms with Crippen LogP contribution in [-0.2, 0) is 4.74 Å². The van der Waals surface area contributed by atoms with Crippen LogP contribution in [0.3, 0.4) is 0 Å². The van der Waals surface area contributed by atoms with Crippen molar-refractivity contribution in [3.63, 3.8) is 0 Å². The Kier molecular flexibility index (Phi) is 3.53. The molecule has 0 unspecified atom stereocenters. The number of hydrogen-bond acceptors (Lipinski definition) is 2. The summed E-state index contributed by atoms with van der Waals surface area (Å²) >= 11 is 1.61. The zero-order valence-corrected chi connectivity index (χ0v) is 10.7. The molecule has 76 valence electrons. The number of carbonyl (C=O) groups is 1. The van der Waals surface area contributed by atoms with Gasteiger partial charge in [-0.05, 0) is 31.9 Å². The minimum atomic E-state index is -0.335. The molecule has 0 saturated heterocycles. The molecule has 0 spiro atoms. The first kappa shape index (κ1) is 11.5. The Bertz CT molecular complexity index is 301. The molecule has 0 heterocycles. The molecule has 14 heavy (non-hydrogen) atoms. The fraction of sp³-hybridized carbons (Fsp3) is 0.364. The quantitative estimate of drug-likeness (QED) is 0.543. The Morgan fingerprint density at radius 2 is 1.50 bits per heavy atom. The van der Waals surface area contributed by atoms with E-state index in [1.165, 1.54) is 11.1 Å². The van der Waals surface area contributed by atoms with E-state index < -0.39 is 0 Å². The van der Waals surface area contributed by atoms with Crippen molar-refractivity contribution in [3.8, 4) is 11.1 Å². The van der Waals surface area contributed by atoms with Crippen molar-refractivity contribution >= 4 is 26.6 Å². The third-order valence-electron chi connectivity index (χ3n) is 1.60. The summed E-state index contributed by atoms with van der Waals surface area (Å²) in [7, 11) is 0. The molecule has 2 nitrogen and oxygen atoms in total. The van der Waals surface area contributed by atoms with Crippen LogP contribution in [0, 0.1) is 0 Å². The molecule has 3 heteroatoms. The van der Waals surface area contributed by atoms with Crippen LogP contribution in [0.4, 0.5) is 4.79 Å². The van der Waals surface area contributed by atoms with Gasteiger partial charge in [0.2, 0.25) is 0 Å². The predicted octanol–water partition coefficient (Wildman–Crippen LogP) is 4.02. The molecule has 0 saturated carbocycles. The highest BCUT2D eigenvalue weighted by Gasteiger charge is 2.12. The fourth-order valence-electron chi connectivity index (χ4n) is 0.903. The van der Waals surface area contributed by atoms with Crippen LogP contribution in [0.15, 0.2) is 24.3 Å². The van der Waals surface area contributed by atoms with Crippen LogP contribution in [0.5, 0.6) is 0 Å². The van der Waals surface area contributed by atoms with Crippen LogP contribution in [-0.4, -0.2) is 9.58 Å². The lowest BCUT2D eigenvalue weighted by Gasteiger charge is -2.16. The molecule has 0 N–H and O–H groups in total. The Labute approximate surface area is 97.8 Å². The van der Waals surface area contributed by atoms with E-state index in [-0.39, 0.29) is 9.58 Å². The van der Waals surface area contributed by atoms with Crippen molar-refractivity contribution in [2.75, 3.05) is 0 Å². The third-order valence-corrected chi connectivity index (χ3v) is 1.82. The van der Waals surface area contributed by atoms with E-state index in [4.69, 9.17) is 4.74 Å². The van der Waals surface area contributed by atoms with E-state index in [1.807, 2.05) is 20.8 Å². The molecule has 0 aliphatic heterocycles. The van der Waals surface area contributed by atoms with Crippen LogP contribution in [0.1, 0.15) is 20.8 Å². The zero-order valence-electron chi connectivity index (χ0n) is 8.50. The SMILES string of the molecule is CC(C)(C)OC(=O)I.c1cc2ccc1-2. The minimum Gasteiger partial charge on any atom is -0.452 e. The molecule has 2 aliphatic rings. The lowest BCUT2D eigenvalue weighted by atomic mass is 9.95. The lowest BCUT2D eigenvalue weighted by molar-refractivity contribution is 0.0766. The minimum absolute atomic E-state index is 0.255. The Morgan fingerprint density at radius 1 is 1.14 bits per heavy atom. The standard InChI is InChI=1S/C6H4.C5H9IO2/c1-2-6-4-3-5(1)6;1-5(2,3)8-4(6)7/h1-4H;1-3H3. The second kappa shape index (κ2) is 4.29. The summed E-state index contributed by atoms with van der Waals surface area (Å²) in [6.07, 6.45) is 0. The highest BCUT2D eigenvalue weighted by atomic mass is 127. The molecule has 0 bridgehead atoms. The normalized spacial score (nSPS) is 11.1. The fourth-order valence-corrected chi connectivity index (χ4v) is 1.56. The molecule has 0 fully saturated rings. The monoisotopic (exact) mass is 304 g/mol. The maximum absolute atomic E-state index is 10.2. The highest BCUT2D eigenvalue weighted by molar-refractivity contribution is 14.1. The van der Waals surface area contributed by atoms with Gasteiger partial charge in [-0.1, -0.05) is 24.3 Å². The van der Waals surface area contributed by atoms with Crippen LogP contribution >= 0.6 is 22.6 Å². The second-order valence-corrected chi connectivity index (χ2v) is 4.91. The average molecular weight is 304 g/mol. The van der Waals surface area contributed by atoms with Gasteiger partial charge in [0, 0.05) is 0 Å². The van der Waals surface area contributed by atoms with Gasteiger partial charge < -0.3 is 4.74 Å². The highest BCUT2D eigenvalue weighted by Crippen LogP contribution is 2.29. The van der Waals surface area contributed by atoms with Gasteiger partial charge in [-0.25, -0.2) is 4.79 Å². The van der Waals surface area contributed by atoms with Gasteiger partial charge in [-0.2, -0.15) is 0 Å². The Hall–Kier alpha value is -0.580. The van der Waals surface area contributed by atoms with Crippen molar-refractivity contribution in [3.05, 3.63) is 24.3 Å². The number of ether oxygens (including phenoxy) is 1. The van der Waals surface area contributed by atoms with Crippen molar-refractivity contribution in [1.29, 1.82) is 0 Å². The van der Waals surface area contributed by atoms with Gasteiger partial charge in [-0.15, -0.1) is 0 Å². The van der Waals surface area contributed by atoms with E-state index in [2.05, 4.69) is 24.3 Å². The summed E-state index contributed by atoms with van der Waals surface area (Å²) in [5, 5.41) is 0. The summed E-state index contributed by atoms with van der Waals surface area (Å²) in [5.74, 6) is 0. The lowest BCUT2D eigenvalue weighted by Crippen LogP contribution is -2.19. The maximum atomic E-state index is 10.2. The molecular formula is C11H13IO2. The number of halogens is 1. The van der Waals surface area contributed by atoms with E-state index in [0.29, 0.717) is 0 Å². The first-order valence-electron chi connectivity index (χ1n) is 4.37. The Morgan fingerprint density at radius 3 is 1.50 bits per heavy atom. The van der Waals surface area contributed by atoms with Crippen LogP contribution < -0.4 is 0 Å². The maximum Gasteiger partial charge on any atom is 0.367 e. The number of carbonyl (C=O) groups excluding carboxylic acids is 1. The van der Waals surface area contributed by atoms with Gasteiger partial charge in [0.15, 0.2) is 0 Å². The van der Waals surface area contributed by atoms with E-state index in [1.54, 1.807) is 22.6 Å². The van der Waals surface area contributed by atoms with Gasteiger partial charge in [0.25, 0.3) is 0 Å². The second-order valence-electron chi connectivity index (χ2n) is 4.03. The van der Waals surface area contributed by atoms with E-state index >= 15 is 0 Å². The summed E-state index contributed by atoms with van der Waals surface area (Å²) in [5.41, 5.74) is 2.52. The van der Waals surface area contributed by atoms with Crippen molar-refractivity contribution in [2.45, 2.75) is 26.4 Å². The Balaban J connectivity index is 0.000000143. The summed E-state index contributed by atoms with van der Waals surface area (Å²) in [6, 6.07) is 8.48. The van der Waals surface area contributed by atoms with Crippen molar-refractivity contribution in [1.82, 2.24) is 0 Å². The topological polar surface area (TPSA) is 26.3 Å². The van der Waals surface area contributed by atoms with Crippen molar-refractivity contribution in [2.24, 2.45) is 0 Å². The van der Waals surface area contributed by atoms with Gasteiger partial charge >= 0.3 is 3.98 Å². The summed E-state index contributed by atoms with van der Waals surface area (Å²) < 4.78 is 4.53. The zero-order chi connectivity index (χ0) is 10.8. The number of benzene rings is 1. The molecule has 0 aromatic heterocycles. The summed E-state index contributed by atoms with van der Waals surface area (Å²) in [4.78, 5) is 10.2. The smallest absolute Gasteiger partial charge is 0.367 e. The molecule has 0 aromatic rings. The van der Waals surface area contributed by atoms with E-state index in [0.717, 1.165) is 0 Å². The summed E-state index contributed by atoms with van der Waals surface area (Å²) in [6.45, 7) is 5.51. The predicted molar refractivity (Wildman–Crippen MR) is 65.7 cm³/mol. The molecule has 0 aromatic carbocycles. The van der Waals surface area contributed by atoms with Gasteiger partial charge in [-0.3, -0.25) is 0 Å². The largest absolute Gasteiger partial charge is 0.452 e. The van der Waals surface area contributed by atoms with Crippen LogP contribution in [0.2, 0.25) is 0 Å². The first-order chi connectivity index (χ1) is 6.38. The van der Waals surface area contributed by atoms with Crippen molar-refractivity contribution < 1.29 is 9.53 Å². The third kappa shape index (κ3) is 3.65. The molecule has 2 aliphatic carbocycles. The number of fused-ring (bicyclic) bond motifs is 1. The van der Waals surface area contributed by atoms with Gasteiger partial charge in [0.05, 0.1) is 22.6 Å². The molecule has 2 rings (SSSR count). The first-order valence-corrected chi connectivity index (χ1v) is 5.45. The number of rotatable bonds is 0. The molecule has 0 radical (unpaired) electrons. The molecular weight excluding hydrogens is 291 g/mol. The van der Waals surface area contributed by atoms with Gasteiger partial charge in [0.1, 0.15) is 5.60 Å². The van der Waals surface area contributed by atoms with E-state index in [9.17, 15) is 4.79 Å².